The van der Waals surface area contributed by atoms with E-state index in [9.17, 15) is 4.39 Å². The summed E-state index contributed by atoms with van der Waals surface area (Å²) in [6.07, 6.45) is 0. The SMILES string of the molecule is N#Cc1cccc(Sc2nnc(-c3ccc(F)cc3)n2-c2ccccc2)n1. The first-order valence-electron chi connectivity index (χ1n) is 8.06. The number of hydrogen-bond acceptors (Lipinski definition) is 5. The van der Waals surface area contributed by atoms with Gasteiger partial charge in [0.05, 0.1) is 0 Å². The molecule has 7 heteroatoms. The predicted octanol–water partition coefficient (Wildman–Crippen LogP) is 4.49. The van der Waals surface area contributed by atoms with Gasteiger partial charge in [-0.3, -0.25) is 4.57 Å². The Bertz CT molecular complexity index is 1120. The second kappa shape index (κ2) is 7.40. The molecule has 0 atom stereocenters. The van der Waals surface area contributed by atoms with E-state index >= 15 is 0 Å². The summed E-state index contributed by atoms with van der Waals surface area (Å²) in [7, 11) is 0. The van der Waals surface area contributed by atoms with Gasteiger partial charge in [-0.1, -0.05) is 24.3 Å². The lowest BCUT2D eigenvalue weighted by molar-refractivity contribution is 0.628. The van der Waals surface area contributed by atoms with Gasteiger partial charge in [0, 0.05) is 11.3 Å². The molecule has 0 fully saturated rings. The molecule has 0 radical (unpaired) electrons. The van der Waals surface area contributed by atoms with Crippen LogP contribution < -0.4 is 0 Å². The third-order valence-electron chi connectivity index (χ3n) is 3.78. The summed E-state index contributed by atoms with van der Waals surface area (Å²) in [5.41, 5.74) is 1.96. The summed E-state index contributed by atoms with van der Waals surface area (Å²) in [4.78, 5) is 4.29. The van der Waals surface area contributed by atoms with Gasteiger partial charge in [-0.05, 0) is 60.3 Å². The monoisotopic (exact) mass is 373 g/mol. The van der Waals surface area contributed by atoms with Crippen molar-refractivity contribution in [3.63, 3.8) is 0 Å². The van der Waals surface area contributed by atoms with E-state index in [4.69, 9.17) is 5.26 Å². The minimum atomic E-state index is -0.309. The van der Waals surface area contributed by atoms with Crippen molar-refractivity contribution in [1.29, 1.82) is 5.26 Å². The number of halogens is 1. The van der Waals surface area contributed by atoms with Gasteiger partial charge in [-0.15, -0.1) is 10.2 Å². The minimum absolute atomic E-state index is 0.309. The highest BCUT2D eigenvalue weighted by molar-refractivity contribution is 7.99. The molecule has 0 aliphatic heterocycles. The van der Waals surface area contributed by atoms with E-state index in [0.29, 0.717) is 21.7 Å². The summed E-state index contributed by atoms with van der Waals surface area (Å²) in [6, 6.07) is 23.1. The predicted molar refractivity (Wildman–Crippen MR) is 99.8 cm³/mol. The second-order valence-electron chi connectivity index (χ2n) is 5.56. The number of nitriles is 1. The molecule has 27 heavy (non-hydrogen) atoms. The molecule has 5 nitrogen and oxygen atoms in total. The molecular formula is C20H12FN5S. The van der Waals surface area contributed by atoms with Crippen LogP contribution in [-0.2, 0) is 0 Å². The molecular weight excluding hydrogens is 361 g/mol. The molecule has 0 saturated carbocycles. The van der Waals surface area contributed by atoms with Crippen LogP contribution in [0.5, 0.6) is 0 Å². The number of aromatic nitrogens is 4. The molecule has 0 aliphatic carbocycles. The summed E-state index contributed by atoms with van der Waals surface area (Å²) < 4.78 is 15.2. The van der Waals surface area contributed by atoms with E-state index in [-0.39, 0.29) is 5.82 Å². The van der Waals surface area contributed by atoms with Crippen LogP contribution in [0.1, 0.15) is 5.69 Å². The Morgan fingerprint density at radius 1 is 0.889 bits per heavy atom. The quantitative estimate of drug-likeness (QED) is 0.527. The van der Waals surface area contributed by atoms with Crippen molar-refractivity contribution < 1.29 is 4.39 Å². The fraction of sp³-hybridized carbons (Fsp3) is 0. The molecule has 2 heterocycles. The normalized spacial score (nSPS) is 10.5. The maximum Gasteiger partial charge on any atom is 0.202 e. The molecule has 130 valence electrons. The van der Waals surface area contributed by atoms with Gasteiger partial charge >= 0.3 is 0 Å². The Hall–Kier alpha value is -3.50. The Labute approximate surface area is 159 Å². The fourth-order valence-corrected chi connectivity index (χ4v) is 3.40. The van der Waals surface area contributed by atoms with Gasteiger partial charge in [0.2, 0.25) is 5.16 Å². The van der Waals surface area contributed by atoms with Crippen molar-refractivity contribution in [1.82, 2.24) is 19.7 Å². The van der Waals surface area contributed by atoms with Crippen LogP contribution in [0.25, 0.3) is 17.1 Å². The van der Waals surface area contributed by atoms with E-state index in [1.165, 1.54) is 23.9 Å². The molecule has 0 saturated heterocycles. The van der Waals surface area contributed by atoms with Crippen LogP contribution in [0.2, 0.25) is 0 Å². The fourth-order valence-electron chi connectivity index (χ4n) is 2.56. The number of rotatable bonds is 4. The first kappa shape index (κ1) is 16.9. The van der Waals surface area contributed by atoms with Crippen LogP contribution in [0, 0.1) is 17.1 Å². The van der Waals surface area contributed by atoms with Gasteiger partial charge in [0.25, 0.3) is 0 Å². The van der Waals surface area contributed by atoms with Crippen molar-refractivity contribution in [3.05, 3.63) is 84.3 Å². The van der Waals surface area contributed by atoms with Crippen molar-refractivity contribution in [2.75, 3.05) is 0 Å². The zero-order valence-corrected chi connectivity index (χ0v) is 14.8. The first-order chi connectivity index (χ1) is 13.2. The third kappa shape index (κ3) is 3.57. The largest absolute Gasteiger partial charge is 0.270 e. The van der Waals surface area contributed by atoms with E-state index in [2.05, 4.69) is 15.2 Å². The van der Waals surface area contributed by atoms with Gasteiger partial charge < -0.3 is 0 Å². The highest BCUT2D eigenvalue weighted by Crippen LogP contribution is 2.31. The minimum Gasteiger partial charge on any atom is -0.270 e. The first-order valence-corrected chi connectivity index (χ1v) is 8.88. The molecule has 0 aliphatic rings. The molecule has 4 rings (SSSR count). The zero-order chi connectivity index (χ0) is 18.6. The molecule has 0 N–H and O–H groups in total. The Morgan fingerprint density at radius 2 is 1.67 bits per heavy atom. The van der Waals surface area contributed by atoms with Crippen molar-refractivity contribution in [3.8, 4) is 23.1 Å². The molecule has 2 aromatic heterocycles. The smallest absolute Gasteiger partial charge is 0.202 e. The molecule has 4 aromatic rings. The van der Waals surface area contributed by atoms with Gasteiger partial charge in [0.15, 0.2) is 5.82 Å². The summed E-state index contributed by atoms with van der Waals surface area (Å²) in [6.45, 7) is 0. The van der Waals surface area contributed by atoms with Crippen LogP contribution >= 0.6 is 11.8 Å². The molecule has 0 spiro atoms. The van der Waals surface area contributed by atoms with Crippen molar-refractivity contribution in [2.24, 2.45) is 0 Å². The third-order valence-corrected chi connectivity index (χ3v) is 4.67. The van der Waals surface area contributed by atoms with Gasteiger partial charge in [-0.2, -0.15) is 5.26 Å². The van der Waals surface area contributed by atoms with E-state index < -0.39 is 0 Å². The van der Waals surface area contributed by atoms with Crippen LogP contribution in [0.4, 0.5) is 4.39 Å². The summed E-state index contributed by atoms with van der Waals surface area (Å²) >= 11 is 1.31. The lowest BCUT2D eigenvalue weighted by atomic mass is 10.2. The van der Waals surface area contributed by atoms with E-state index in [1.54, 1.807) is 24.3 Å². The number of pyridine rings is 1. The van der Waals surface area contributed by atoms with E-state index in [0.717, 1.165) is 11.3 Å². The molecule has 0 bridgehead atoms. The summed E-state index contributed by atoms with van der Waals surface area (Å²) in [5, 5.41) is 18.9. The van der Waals surface area contributed by atoms with Gasteiger partial charge in [-0.25, -0.2) is 9.37 Å². The number of hydrogen-bond donors (Lipinski definition) is 0. The summed E-state index contributed by atoms with van der Waals surface area (Å²) in [5.74, 6) is 0.289. The average Bonchev–Trinajstić information content (AvgIpc) is 3.13. The Kier molecular flexibility index (Phi) is 4.64. The second-order valence-corrected chi connectivity index (χ2v) is 6.55. The number of benzene rings is 2. The average molecular weight is 373 g/mol. The lowest BCUT2D eigenvalue weighted by Gasteiger charge is -2.10. The van der Waals surface area contributed by atoms with Crippen molar-refractivity contribution in [2.45, 2.75) is 10.2 Å². The molecule has 0 amide bonds. The van der Waals surface area contributed by atoms with Crippen molar-refractivity contribution >= 4 is 11.8 Å². The Morgan fingerprint density at radius 3 is 2.41 bits per heavy atom. The van der Waals surface area contributed by atoms with Crippen LogP contribution in [-0.4, -0.2) is 19.7 Å². The maximum atomic E-state index is 13.3. The highest BCUT2D eigenvalue weighted by Gasteiger charge is 2.17. The van der Waals surface area contributed by atoms with Crippen LogP contribution in [0.3, 0.4) is 0 Å². The lowest BCUT2D eigenvalue weighted by Crippen LogP contribution is -1.99. The number of para-hydroxylation sites is 1. The van der Waals surface area contributed by atoms with Crippen LogP contribution in [0.15, 0.2) is 83.0 Å². The van der Waals surface area contributed by atoms with E-state index in [1.807, 2.05) is 47.0 Å². The molecule has 2 aromatic carbocycles. The maximum absolute atomic E-state index is 13.3. The topological polar surface area (TPSA) is 67.4 Å². The molecule has 0 unspecified atom stereocenters. The Balaban J connectivity index is 1.82. The zero-order valence-electron chi connectivity index (χ0n) is 14.0. The standard InChI is InChI=1S/C20H12FN5S/c21-15-11-9-14(10-12-15)19-24-25-20(26(19)17-6-2-1-3-7-17)27-18-8-4-5-16(13-22)23-18/h1-12H. The van der Waals surface area contributed by atoms with Gasteiger partial charge in [0.1, 0.15) is 22.6 Å². The number of nitrogens with zero attached hydrogens (tertiary/aromatic N) is 5. The highest BCUT2D eigenvalue weighted by atomic mass is 32.2.